The third-order valence-corrected chi connectivity index (χ3v) is 5.00. The lowest BCUT2D eigenvalue weighted by molar-refractivity contribution is 0.118. The van der Waals surface area contributed by atoms with Crippen molar-refractivity contribution in [1.29, 1.82) is 0 Å². The summed E-state index contributed by atoms with van der Waals surface area (Å²) >= 11 is 13.6. The highest BCUT2D eigenvalue weighted by atomic mass is 35.5. The highest BCUT2D eigenvalue weighted by Gasteiger charge is 2.17. The maximum absolute atomic E-state index is 6.03. The molecular weight excluding hydrogens is 329 g/mol. The van der Waals surface area contributed by atoms with Crippen LogP contribution in [0.25, 0.3) is 0 Å². The Hall–Kier alpha value is -0.750. The summed E-state index contributed by atoms with van der Waals surface area (Å²) in [6.07, 6.45) is 2.50. The van der Waals surface area contributed by atoms with Crippen LogP contribution in [0.2, 0.25) is 10.0 Å². The van der Waals surface area contributed by atoms with E-state index in [2.05, 4.69) is 15.5 Å². The predicted octanol–water partition coefficient (Wildman–Crippen LogP) is 3.57. The molecule has 2 aliphatic rings. The Morgan fingerprint density at radius 1 is 1.38 bits per heavy atom. The Labute approximate surface area is 137 Å². The Balaban J connectivity index is 1.63. The number of rotatable bonds is 3. The summed E-state index contributed by atoms with van der Waals surface area (Å²) in [5, 5.41) is 6.31. The lowest BCUT2D eigenvalue weighted by Gasteiger charge is -2.16. The second kappa shape index (κ2) is 7.01. The summed E-state index contributed by atoms with van der Waals surface area (Å²) in [6.45, 7) is 1.56. The van der Waals surface area contributed by atoms with Crippen molar-refractivity contribution < 1.29 is 4.74 Å². The van der Waals surface area contributed by atoms with Gasteiger partial charge in [-0.1, -0.05) is 41.0 Å². The standard InChI is InChI=1S/C14H15Cl2N3OS/c15-11-4-3-9(6-12(11)16)13-8-21-14(19-18-13)17-7-10-2-1-5-20-10/h3-4,6,10H,1-2,5,7-8H2,(H,17,19)/t10-/m0/s1. The van der Waals surface area contributed by atoms with Crippen LogP contribution in [0.15, 0.2) is 28.3 Å². The molecule has 0 bridgehead atoms. The summed E-state index contributed by atoms with van der Waals surface area (Å²) in [5.74, 6) is 0.759. The van der Waals surface area contributed by atoms with E-state index in [0.717, 1.165) is 41.6 Å². The fourth-order valence-corrected chi connectivity index (χ4v) is 3.27. The fraction of sp³-hybridized carbons (Fsp3) is 0.429. The van der Waals surface area contributed by atoms with E-state index in [9.17, 15) is 0 Å². The largest absolute Gasteiger partial charge is 0.376 e. The summed E-state index contributed by atoms with van der Waals surface area (Å²) in [4.78, 5) is 4.51. The van der Waals surface area contributed by atoms with Gasteiger partial charge in [0.15, 0.2) is 5.17 Å². The summed E-state index contributed by atoms with van der Waals surface area (Å²) in [7, 11) is 0. The van der Waals surface area contributed by atoms with Gasteiger partial charge in [0.05, 0.1) is 28.4 Å². The zero-order valence-electron chi connectivity index (χ0n) is 11.3. The van der Waals surface area contributed by atoms with Crippen molar-refractivity contribution in [3.05, 3.63) is 33.8 Å². The average molecular weight is 344 g/mol. The molecule has 112 valence electrons. The molecule has 0 radical (unpaired) electrons. The van der Waals surface area contributed by atoms with Gasteiger partial charge in [-0.15, -0.1) is 0 Å². The lowest BCUT2D eigenvalue weighted by atomic mass is 10.1. The van der Waals surface area contributed by atoms with Gasteiger partial charge in [-0.25, -0.2) is 0 Å². The molecule has 0 aromatic heterocycles. The van der Waals surface area contributed by atoms with Crippen LogP contribution in [-0.4, -0.2) is 35.9 Å². The third kappa shape index (κ3) is 3.92. The SMILES string of the molecule is Clc1ccc(C2=NNC(=NC[C@@H]3CCCO3)SC2)cc1Cl. The molecule has 1 atom stereocenters. The van der Waals surface area contributed by atoms with E-state index < -0.39 is 0 Å². The minimum absolute atomic E-state index is 0.264. The number of aliphatic imine (C=N–C) groups is 1. The van der Waals surface area contributed by atoms with Crippen LogP contribution < -0.4 is 5.43 Å². The first-order valence-corrected chi connectivity index (χ1v) is 8.53. The fourth-order valence-electron chi connectivity index (χ4n) is 2.19. The van der Waals surface area contributed by atoms with E-state index >= 15 is 0 Å². The third-order valence-electron chi connectivity index (χ3n) is 3.35. The molecule has 0 aliphatic carbocycles. The highest BCUT2D eigenvalue weighted by molar-refractivity contribution is 8.14. The molecule has 1 fully saturated rings. The first-order valence-electron chi connectivity index (χ1n) is 6.79. The Morgan fingerprint density at radius 3 is 2.95 bits per heavy atom. The van der Waals surface area contributed by atoms with E-state index in [1.54, 1.807) is 17.8 Å². The molecule has 3 rings (SSSR count). The second-order valence-corrected chi connectivity index (χ2v) is 6.65. The molecule has 1 saturated heterocycles. The van der Waals surface area contributed by atoms with E-state index in [1.165, 1.54) is 0 Å². The van der Waals surface area contributed by atoms with Crippen LogP contribution in [0, 0.1) is 0 Å². The highest BCUT2D eigenvalue weighted by Crippen LogP contribution is 2.24. The van der Waals surface area contributed by atoms with Gasteiger partial charge in [-0.05, 0) is 25.0 Å². The Kier molecular flexibility index (Phi) is 5.06. The van der Waals surface area contributed by atoms with Crippen LogP contribution in [0.4, 0.5) is 0 Å². The normalized spacial score (nSPS) is 24.0. The van der Waals surface area contributed by atoms with Gasteiger partial charge in [0.25, 0.3) is 0 Å². The monoisotopic (exact) mass is 343 g/mol. The summed E-state index contributed by atoms with van der Waals surface area (Å²) in [5.41, 5.74) is 4.91. The van der Waals surface area contributed by atoms with Crippen molar-refractivity contribution >= 4 is 45.8 Å². The van der Waals surface area contributed by atoms with Crippen molar-refractivity contribution in [2.45, 2.75) is 18.9 Å². The van der Waals surface area contributed by atoms with E-state index in [-0.39, 0.29) is 6.10 Å². The maximum Gasteiger partial charge on any atom is 0.177 e. The quantitative estimate of drug-likeness (QED) is 0.912. The van der Waals surface area contributed by atoms with Gasteiger partial charge in [0.2, 0.25) is 0 Å². The van der Waals surface area contributed by atoms with Crippen molar-refractivity contribution in [3.63, 3.8) is 0 Å². The zero-order chi connectivity index (χ0) is 14.7. The molecule has 4 nitrogen and oxygen atoms in total. The number of nitrogens with one attached hydrogen (secondary N) is 1. The summed E-state index contributed by atoms with van der Waals surface area (Å²) in [6, 6.07) is 5.54. The topological polar surface area (TPSA) is 46.0 Å². The van der Waals surface area contributed by atoms with Gasteiger partial charge in [0, 0.05) is 17.9 Å². The van der Waals surface area contributed by atoms with Crippen molar-refractivity contribution in [2.24, 2.45) is 10.1 Å². The molecule has 0 amide bonds. The van der Waals surface area contributed by atoms with Gasteiger partial charge in [0.1, 0.15) is 0 Å². The van der Waals surface area contributed by atoms with E-state index in [0.29, 0.717) is 16.6 Å². The average Bonchev–Trinajstić information content (AvgIpc) is 3.02. The number of nitrogens with zero attached hydrogens (tertiary/aromatic N) is 2. The van der Waals surface area contributed by atoms with Crippen LogP contribution in [0.5, 0.6) is 0 Å². The summed E-state index contributed by atoms with van der Waals surface area (Å²) < 4.78 is 5.55. The molecule has 0 unspecified atom stereocenters. The van der Waals surface area contributed by atoms with Crippen molar-refractivity contribution in [1.82, 2.24) is 5.43 Å². The molecule has 7 heteroatoms. The van der Waals surface area contributed by atoms with Crippen LogP contribution in [-0.2, 0) is 4.74 Å². The zero-order valence-corrected chi connectivity index (χ0v) is 13.6. The lowest BCUT2D eigenvalue weighted by Crippen LogP contribution is -2.26. The Morgan fingerprint density at radius 2 is 2.29 bits per heavy atom. The van der Waals surface area contributed by atoms with E-state index in [1.807, 2.05) is 12.1 Å². The van der Waals surface area contributed by atoms with Gasteiger partial charge in [-0.3, -0.25) is 10.4 Å². The van der Waals surface area contributed by atoms with Crippen LogP contribution in [0.1, 0.15) is 18.4 Å². The first kappa shape index (κ1) is 15.2. The molecular formula is C14H15Cl2N3OS. The molecule has 1 aromatic carbocycles. The van der Waals surface area contributed by atoms with Crippen LogP contribution in [0.3, 0.4) is 0 Å². The molecule has 1 aromatic rings. The van der Waals surface area contributed by atoms with Gasteiger partial charge >= 0.3 is 0 Å². The van der Waals surface area contributed by atoms with Crippen molar-refractivity contribution in [2.75, 3.05) is 18.9 Å². The molecule has 2 aliphatic heterocycles. The number of hydrogen-bond donors (Lipinski definition) is 1. The number of halogens is 2. The number of thioether (sulfide) groups is 1. The molecule has 21 heavy (non-hydrogen) atoms. The predicted molar refractivity (Wildman–Crippen MR) is 89.9 cm³/mol. The molecule has 0 saturated carbocycles. The number of amidine groups is 1. The molecule has 1 N–H and O–H groups in total. The smallest absolute Gasteiger partial charge is 0.177 e. The van der Waals surface area contributed by atoms with Gasteiger partial charge < -0.3 is 4.74 Å². The number of hydrogen-bond acceptors (Lipinski definition) is 4. The number of ether oxygens (including phenoxy) is 1. The maximum atomic E-state index is 6.03. The minimum atomic E-state index is 0.264. The number of benzene rings is 1. The minimum Gasteiger partial charge on any atom is -0.376 e. The molecule has 2 heterocycles. The van der Waals surface area contributed by atoms with Gasteiger partial charge in [-0.2, -0.15) is 5.10 Å². The first-order chi connectivity index (χ1) is 10.2. The Bertz CT molecular complexity index is 586. The van der Waals surface area contributed by atoms with E-state index in [4.69, 9.17) is 27.9 Å². The second-order valence-electron chi connectivity index (χ2n) is 4.87. The number of hydrazone groups is 1. The van der Waals surface area contributed by atoms with Crippen LogP contribution >= 0.6 is 35.0 Å². The van der Waals surface area contributed by atoms with Crippen molar-refractivity contribution in [3.8, 4) is 0 Å². The molecule has 0 spiro atoms.